The molecule has 3 aliphatic heterocycles. The second-order valence-electron chi connectivity index (χ2n) is 15.3. The van der Waals surface area contributed by atoms with Gasteiger partial charge in [-0.05, 0) is 71.4 Å². The smallest absolute Gasteiger partial charge is 0.410 e. The zero-order valence-corrected chi connectivity index (χ0v) is 30.2. The van der Waals surface area contributed by atoms with E-state index in [2.05, 4.69) is 15.4 Å². The van der Waals surface area contributed by atoms with Gasteiger partial charge in [0.05, 0.1) is 24.9 Å². The first kappa shape index (κ1) is 37.5. The zero-order chi connectivity index (χ0) is 37.6. The van der Waals surface area contributed by atoms with Crippen molar-refractivity contribution in [3.8, 4) is 0 Å². The van der Waals surface area contributed by atoms with Crippen molar-refractivity contribution in [3.63, 3.8) is 0 Å². The molecule has 1 aromatic carbocycles. The highest BCUT2D eigenvalue weighted by molar-refractivity contribution is 7.91. The molecule has 5 atom stereocenters. The van der Waals surface area contributed by atoms with Gasteiger partial charge in [-0.15, -0.1) is 0 Å². The Morgan fingerprint density at radius 3 is 2.31 bits per heavy atom. The first-order chi connectivity index (χ1) is 24.5. The summed E-state index contributed by atoms with van der Waals surface area (Å²) in [5, 5.41) is 4.70. The van der Waals surface area contributed by atoms with Crippen molar-refractivity contribution in [2.75, 3.05) is 6.54 Å². The number of nitrogens with one attached hydrogen (secondary N) is 3. The first-order valence-corrected chi connectivity index (χ1v) is 19.3. The molecule has 0 radical (unpaired) electrons. The van der Waals surface area contributed by atoms with Crippen LogP contribution in [0.5, 0.6) is 0 Å². The van der Waals surface area contributed by atoms with Crippen LogP contribution in [0.15, 0.2) is 24.3 Å². The second-order valence-corrected chi connectivity index (χ2v) is 17.3. The van der Waals surface area contributed by atoms with E-state index < -0.39 is 92.1 Å². The van der Waals surface area contributed by atoms with Crippen LogP contribution in [0.2, 0.25) is 0 Å². The fourth-order valence-corrected chi connectivity index (χ4v) is 8.42. The lowest BCUT2D eigenvalue weighted by Gasteiger charge is -2.30. The molecule has 0 bridgehead atoms. The highest BCUT2D eigenvalue weighted by Gasteiger charge is 2.62. The minimum absolute atomic E-state index is 0.0296. The second kappa shape index (κ2) is 14.3. The summed E-state index contributed by atoms with van der Waals surface area (Å²) in [6, 6.07) is -0.453. The number of allylic oxidation sites excluding steroid dienone is 1. The standard InChI is InChI=1S/C35H45F2N5O9S/c1-34(2,3)51-32(46)38-27-10-8-6-4-5-7-9-20-16-35(20,31(45)40-52(48,49)22-11-12-22)39-29(43)28-15-21(17-42(28)30(27)44)50-33(47)41-18-23-24(19-41)26(37)14-13-25(23)36/h7,9,13-14,20-22,27-28H,4-6,8,10-12,15-19H2,1-3H3,(H,38,46)(H,39,43)(H,40,45)/t20-,21-,27+,28?,35-/m1/s1. The van der Waals surface area contributed by atoms with Gasteiger partial charge in [0.25, 0.3) is 5.91 Å². The predicted molar refractivity (Wildman–Crippen MR) is 180 cm³/mol. The highest BCUT2D eigenvalue weighted by Crippen LogP contribution is 2.46. The van der Waals surface area contributed by atoms with Gasteiger partial charge >= 0.3 is 12.2 Å². The fourth-order valence-electron chi connectivity index (χ4n) is 7.06. The Kier molecular flexibility index (Phi) is 10.3. The van der Waals surface area contributed by atoms with Gasteiger partial charge < -0.3 is 25.0 Å². The molecule has 0 spiro atoms. The zero-order valence-electron chi connectivity index (χ0n) is 29.4. The molecule has 2 saturated carbocycles. The fraction of sp³-hybridized carbons (Fsp3) is 0.629. The van der Waals surface area contributed by atoms with Gasteiger partial charge in [0.2, 0.25) is 21.8 Å². The molecule has 1 unspecified atom stereocenters. The predicted octanol–water partition coefficient (Wildman–Crippen LogP) is 3.28. The molecule has 6 rings (SSSR count). The van der Waals surface area contributed by atoms with E-state index in [0.29, 0.717) is 32.1 Å². The van der Waals surface area contributed by atoms with Crippen LogP contribution in [0.3, 0.4) is 0 Å². The van der Waals surface area contributed by atoms with Gasteiger partial charge in [0.1, 0.15) is 41.0 Å². The van der Waals surface area contributed by atoms with E-state index >= 15 is 0 Å². The molecule has 52 heavy (non-hydrogen) atoms. The van der Waals surface area contributed by atoms with E-state index in [1.165, 1.54) is 4.90 Å². The van der Waals surface area contributed by atoms with Gasteiger partial charge in [0.15, 0.2) is 0 Å². The molecule has 1 aromatic rings. The number of halogens is 2. The van der Waals surface area contributed by atoms with Crippen LogP contribution >= 0.6 is 0 Å². The number of carbonyl (C=O) groups is 5. The van der Waals surface area contributed by atoms with E-state index in [0.717, 1.165) is 23.5 Å². The van der Waals surface area contributed by atoms with Gasteiger partial charge in [-0.2, -0.15) is 0 Å². The molecule has 3 heterocycles. The van der Waals surface area contributed by atoms with Crippen LogP contribution < -0.4 is 15.4 Å². The van der Waals surface area contributed by atoms with Crippen molar-refractivity contribution in [1.29, 1.82) is 0 Å². The van der Waals surface area contributed by atoms with Gasteiger partial charge in [0, 0.05) is 23.5 Å². The topological polar surface area (TPSA) is 181 Å². The van der Waals surface area contributed by atoms with Crippen molar-refractivity contribution in [3.05, 3.63) is 47.0 Å². The Hall–Kier alpha value is -4.28. The summed E-state index contributed by atoms with van der Waals surface area (Å²) < 4.78 is 67.6. The highest BCUT2D eigenvalue weighted by atomic mass is 32.2. The number of fused-ring (bicyclic) bond motifs is 3. The Balaban J connectivity index is 1.25. The van der Waals surface area contributed by atoms with Crippen molar-refractivity contribution in [2.24, 2.45) is 5.92 Å². The van der Waals surface area contributed by atoms with Crippen molar-refractivity contribution < 1.29 is 50.6 Å². The molecule has 5 amide bonds. The Labute approximate surface area is 301 Å². The average molecular weight is 750 g/mol. The van der Waals surface area contributed by atoms with Crippen molar-refractivity contribution in [2.45, 2.75) is 126 Å². The largest absolute Gasteiger partial charge is 0.444 e. The normalized spacial score (nSPS) is 28.0. The lowest BCUT2D eigenvalue weighted by molar-refractivity contribution is -0.141. The first-order valence-electron chi connectivity index (χ1n) is 17.7. The van der Waals surface area contributed by atoms with Crippen LogP contribution in [0.25, 0.3) is 0 Å². The number of hydrogen-bond acceptors (Lipinski definition) is 9. The maximum absolute atomic E-state index is 14.4. The number of nitrogens with zero attached hydrogens (tertiary/aromatic N) is 2. The summed E-state index contributed by atoms with van der Waals surface area (Å²) in [4.78, 5) is 70.5. The Morgan fingerprint density at radius 1 is 1.00 bits per heavy atom. The van der Waals surface area contributed by atoms with E-state index in [-0.39, 0.29) is 50.0 Å². The molecule has 5 aliphatic rings. The van der Waals surface area contributed by atoms with Crippen LogP contribution in [0.4, 0.5) is 18.4 Å². The SMILES string of the molecule is CC(C)(C)OC(=O)N[C@H]1CCCCCC=C[C@@H]2C[C@@]2(C(=O)NS(=O)(=O)C2CC2)NC(=O)C2C[C@@H](OC(=O)N3Cc4c(F)ccc(F)c4C3)CN2C1=O. The van der Waals surface area contributed by atoms with Crippen LogP contribution in [0, 0.1) is 17.6 Å². The molecule has 2 aliphatic carbocycles. The number of benzene rings is 1. The summed E-state index contributed by atoms with van der Waals surface area (Å²) in [6.07, 6.45) is 4.48. The van der Waals surface area contributed by atoms with Crippen LogP contribution in [-0.2, 0) is 47.0 Å². The third kappa shape index (κ3) is 8.18. The number of hydrogen-bond donors (Lipinski definition) is 3. The molecular weight excluding hydrogens is 704 g/mol. The Morgan fingerprint density at radius 2 is 1.67 bits per heavy atom. The van der Waals surface area contributed by atoms with E-state index in [4.69, 9.17) is 9.47 Å². The number of rotatable bonds is 5. The number of amides is 5. The van der Waals surface area contributed by atoms with Crippen LogP contribution in [0.1, 0.15) is 89.7 Å². The minimum Gasteiger partial charge on any atom is -0.444 e. The Bertz CT molecular complexity index is 1750. The maximum atomic E-state index is 14.4. The molecule has 17 heteroatoms. The van der Waals surface area contributed by atoms with E-state index in [1.807, 2.05) is 6.08 Å². The van der Waals surface area contributed by atoms with Gasteiger partial charge in [-0.25, -0.2) is 26.8 Å². The third-order valence-electron chi connectivity index (χ3n) is 10.1. The number of carbonyl (C=O) groups excluding carboxylic acids is 5. The van der Waals surface area contributed by atoms with Crippen LogP contribution in [-0.4, -0.2) is 89.2 Å². The average Bonchev–Trinajstić information content (AvgIpc) is 3.94. The van der Waals surface area contributed by atoms with Gasteiger partial charge in [-0.1, -0.05) is 25.0 Å². The summed E-state index contributed by atoms with van der Waals surface area (Å²) in [5.41, 5.74) is -2.40. The summed E-state index contributed by atoms with van der Waals surface area (Å²) in [6.45, 7) is 4.27. The van der Waals surface area contributed by atoms with E-state index in [1.54, 1.807) is 26.8 Å². The number of sulfonamides is 1. The molecule has 0 aromatic heterocycles. The van der Waals surface area contributed by atoms with Crippen molar-refractivity contribution in [1.82, 2.24) is 25.2 Å². The molecule has 14 nitrogen and oxygen atoms in total. The number of alkyl carbamates (subject to hydrolysis) is 1. The number of ether oxygens (including phenoxy) is 2. The van der Waals surface area contributed by atoms with E-state index in [9.17, 15) is 41.2 Å². The summed E-state index contributed by atoms with van der Waals surface area (Å²) in [7, 11) is -3.95. The molecular formula is C35H45F2N5O9S. The summed E-state index contributed by atoms with van der Waals surface area (Å²) in [5.74, 6) is -4.12. The molecule has 3 fully saturated rings. The maximum Gasteiger partial charge on any atom is 0.410 e. The molecule has 1 saturated heterocycles. The monoisotopic (exact) mass is 749 g/mol. The quantitative estimate of drug-likeness (QED) is 0.381. The third-order valence-corrected chi connectivity index (χ3v) is 11.9. The summed E-state index contributed by atoms with van der Waals surface area (Å²) >= 11 is 0. The van der Waals surface area contributed by atoms with Gasteiger partial charge in [-0.3, -0.25) is 24.0 Å². The molecule has 3 N–H and O–H groups in total. The molecule has 284 valence electrons. The van der Waals surface area contributed by atoms with Crippen molar-refractivity contribution >= 4 is 39.9 Å². The lowest BCUT2D eigenvalue weighted by atomic mass is 10.0. The minimum atomic E-state index is -3.95. The lowest BCUT2D eigenvalue weighted by Crippen LogP contribution is -2.58.